The molecule has 0 atom stereocenters. The molecule has 0 radical (unpaired) electrons. The molecule has 3 rings (SSSR count). The van der Waals surface area contributed by atoms with Crippen molar-refractivity contribution >= 4 is 43.2 Å². The summed E-state index contributed by atoms with van der Waals surface area (Å²) < 4.78 is 39.9. The maximum absolute atomic E-state index is 12.9. The first kappa shape index (κ1) is 25.6. The number of hydrogen-bond acceptors (Lipinski definition) is 5. The van der Waals surface area contributed by atoms with Gasteiger partial charge in [-0.2, -0.15) is 0 Å². The smallest absolute Gasteiger partial charge is 0.261 e. The van der Waals surface area contributed by atoms with Gasteiger partial charge >= 0.3 is 0 Å². The van der Waals surface area contributed by atoms with E-state index in [1.807, 2.05) is 13.0 Å². The van der Waals surface area contributed by atoms with E-state index >= 15 is 0 Å². The van der Waals surface area contributed by atoms with Crippen molar-refractivity contribution in [2.75, 3.05) is 23.3 Å². The predicted molar refractivity (Wildman–Crippen MR) is 137 cm³/mol. The Morgan fingerprint density at radius 2 is 1.59 bits per heavy atom. The Labute approximate surface area is 208 Å². The lowest BCUT2D eigenvalue weighted by Crippen LogP contribution is -2.15. The number of unbranched alkanes of at least 4 members (excludes halogenated alkanes) is 1. The van der Waals surface area contributed by atoms with Crippen molar-refractivity contribution in [3.8, 4) is 11.5 Å². The summed E-state index contributed by atoms with van der Waals surface area (Å²) in [6.07, 6.45) is 1.87. The summed E-state index contributed by atoms with van der Waals surface area (Å²) in [6, 6.07) is 17.9. The van der Waals surface area contributed by atoms with Crippen LogP contribution in [0.15, 0.2) is 76.1 Å². The summed E-state index contributed by atoms with van der Waals surface area (Å²) in [6.45, 7) is 4.99. The molecule has 0 heterocycles. The molecule has 0 fully saturated rings. The average Bonchev–Trinajstić information content (AvgIpc) is 2.82. The van der Waals surface area contributed by atoms with Crippen LogP contribution in [0.3, 0.4) is 0 Å². The van der Waals surface area contributed by atoms with Crippen LogP contribution in [-0.2, 0) is 10.0 Å². The number of anilines is 2. The summed E-state index contributed by atoms with van der Waals surface area (Å²) in [4.78, 5) is 12.9. The Kier molecular flexibility index (Phi) is 8.95. The van der Waals surface area contributed by atoms with E-state index in [9.17, 15) is 13.2 Å². The number of ether oxygens (including phenoxy) is 2. The standard InChI is InChI=1S/C25H27BrN2O5S/c1-3-5-16-33-24-15-6-18(26)17-23(24)25(29)27-19-9-13-22(14-10-19)34(30,31)28-20-7-11-21(12-8-20)32-4-2/h6-15,17,28H,3-5,16H2,1-2H3,(H,27,29). The Morgan fingerprint density at radius 3 is 2.24 bits per heavy atom. The fourth-order valence-electron chi connectivity index (χ4n) is 3.05. The molecule has 0 saturated carbocycles. The van der Waals surface area contributed by atoms with Crippen LogP contribution in [0, 0.1) is 0 Å². The van der Waals surface area contributed by atoms with Gasteiger partial charge in [-0.1, -0.05) is 29.3 Å². The monoisotopic (exact) mass is 546 g/mol. The van der Waals surface area contributed by atoms with Crippen LogP contribution < -0.4 is 19.5 Å². The molecule has 180 valence electrons. The van der Waals surface area contributed by atoms with Gasteiger partial charge in [0.15, 0.2) is 0 Å². The van der Waals surface area contributed by atoms with E-state index in [1.54, 1.807) is 48.5 Å². The molecule has 0 aliphatic rings. The number of halogens is 1. The van der Waals surface area contributed by atoms with Crippen LogP contribution >= 0.6 is 15.9 Å². The minimum absolute atomic E-state index is 0.0745. The third kappa shape index (κ3) is 6.98. The highest BCUT2D eigenvalue weighted by Crippen LogP contribution is 2.26. The van der Waals surface area contributed by atoms with Crippen LogP contribution in [0.4, 0.5) is 11.4 Å². The van der Waals surface area contributed by atoms with Crippen LogP contribution in [0.2, 0.25) is 0 Å². The van der Waals surface area contributed by atoms with Gasteiger partial charge in [0.2, 0.25) is 0 Å². The van der Waals surface area contributed by atoms with Crippen molar-refractivity contribution in [2.24, 2.45) is 0 Å². The first-order chi connectivity index (χ1) is 16.3. The summed E-state index contributed by atoms with van der Waals surface area (Å²) in [5.41, 5.74) is 1.27. The SMILES string of the molecule is CCCCOc1ccc(Br)cc1C(=O)Nc1ccc(S(=O)(=O)Nc2ccc(OCC)cc2)cc1. The highest BCUT2D eigenvalue weighted by molar-refractivity contribution is 9.10. The molecule has 0 saturated heterocycles. The van der Waals surface area contributed by atoms with Crippen LogP contribution in [-0.4, -0.2) is 27.5 Å². The quantitative estimate of drug-likeness (QED) is 0.284. The average molecular weight is 547 g/mol. The lowest BCUT2D eigenvalue weighted by Gasteiger charge is -2.13. The number of hydrogen-bond donors (Lipinski definition) is 2. The Hall–Kier alpha value is -3.04. The number of benzene rings is 3. The zero-order chi connectivity index (χ0) is 24.6. The molecule has 3 aromatic rings. The van der Waals surface area contributed by atoms with Crippen LogP contribution in [0.1, 0.15) is 37.0 Å². The highest BCUT2D eigenvalue weighted by Gasteiger charge is 2.17. The molecule has 2 N–H and O–H groups in total. The molecule has 3 aromatic carbocycles. The third-order valence-electron chi connectivity index (χ3n) is 4.78. The fraction of sp³-hybridized carbons (Fsp3) is 0.240. The van der Waals surface area contributed by atoms with E-state index in [0.717, 1.165) is 17.3 Å². The summed E-state index contributed by atoms with van der Waals surface area (Å²) in [7, 11) is -3.79. The van der Waals surface area contributed by atoms with Gasteiger partial charge in [-0.05, 0) is 80.1 Å². The van der Waals surface area contributed by atoms with E-state index in [4.69, 9.17) is 9.47 Å². The second-order valence-corrected chi connectivity index (χ2v) is 9.98. The number of sulfonamides is 1. The van der Waals surface area contributed by atoms with E-state index in [2.05, 4.69) is 32.9 Å². The Balaban J connectivity index is 1.69. The van der Waals surface area contributed by atoms with Crippen molar-refractivity contribution in [2.45, 2.75) is 31.6 Å². The Morgan fingerprint density at radius 1 is 0.912 bits per heavy atom. The van der Waals surface area contributed by atoms with Crippen molar-refractivity contribution < 1.29 is 22.7 Å². The first-order valence-corrected chi connectivity index (χ1v) is 13.2. The van der Waals surface area contributed by atoms with Crippen molar-refractivity contribution in [3.05, 3.63) is 76.8 Å². The van der Waals surface area contributed by atoms with Crippen molar-refractivity contribution in [3.63, 3.8) is 0 Å². The molecule has 0 unspecified atom stereocenters. The fourth-order valence-corrected chi connectivity index (χ4v) is 4.47. The zero-order valence-electron chi connectivity index (χ0n) is 19.0. The Bertz CT molecular complexity index is 1210. The molecule has 1 amide bonds. The van der Waals surface area contributed by atoms with Gasteiger partial charge in [0, 0.05) is 15.8 Å². The van der Waals surface area contributed by atoms with E-state index in [-0.39, 0.29) is 10.8 Å². The lowest BCUT2D eigenvalue weighted by atomic mass is 10.2. The maximum atomic E-state index is 12.9. The molecular formula is C25H27BrN2O5S. The third-order valence-corrected chi connectivity index (χ3v) is 6.67. The lowest BCUT2D eigenvalue weighted by molar-refractivity contribution is 0.102. The minimum Gasteiger partial charge on any atom is -0.494 e. The molecule has 0 aliphatic carbocycles. The predicted octanol–water partition coefficient (Wildman–Crippen LogP) is 6.08. The highest BCUT2D eigenvalue weighted by atomic mass is 79.9. The summed E-state index contributed by atoms with van der Waals surface area (Å²) >= 11 is 3.39. The largest absolute Gasteiger partial charge is 0.494 e. The molecule has 0 bridgehead atoms. The number of rotatable bonds is 11. The second-order valence-electron chi connectivity index (χ2n) is 7.38. The van der Waals surface area contributed by atoms with Gasteiger partial charge in [-0.25, -0.2) is 8.42 Å². The molecular weight excluding hydrogens is 520 g/mol. The zero-order valence-corrected chi connectivity index (χ0v) is 21.4. The van der Waals surface area contributed by atoms with Gasteiger partial charge < -0.3 is 14.8 Å². The second kappa shape index (κ2) is 11.9. The van der Waals surface area contributed by atoms with Crippen molar-refractivity contribution in [1.82, 2.24) is 0 Å². The number of carbonyl (C=O) groups excluding carboxylic acids is 1. The number of nitrogens with one attached hydrogen (secondary N) is 2. The first-order valence-electron chi connectivity index (χ1n) is 10.9. The van der Waals surface area contributed by atoms with Gasteiger partial charge in [0.1, 0.15) is 11.5 Å². The van der Waals surface area contributed by atoms with Gasteiger partial charge in [-0.15, -0.1) is 0 Å². The summed E-state index contributed by atoms with van der Waals surface area (Å²) in [5, 5.41) is 2.79. The topological polar surface area (TPSA) is 93.7 Å². The van der Waals surface area contributed by atoms with Crippen LogP contribution in [0.25, 0.3) is 0 Å². The van der Waals surface area contributed by atoms with Gasteiger partial charge in [0.05, 0.1) is 23.7 Å². The molecule has 7 nitrogen and oxygen atoms in total. The molecule has 0 spiro atoms. The number of amides is 1. The molecule has 0 aromatic heterocycles. The van der Waals surface area contributed by atoms with Gasteiger partial charge in [-0.3, -0.25) is 9.52 Å². The molecule has 34 heavy (non-hydrogen) atoms. The van der Waals surface area contributed by atoms with E-state index in [0.29, 0.717) is 41.7 Å². The maximum Gasteiger partial charge on any atom is 0.261 e. The van der Waals surface area contributed by atoms with Gasteiger partial charge in [0.25, 0.3) is 15.9 Å². The molecule has 0 aliphatic heterocycles. The van der Waals surface area contributed by atoms with E-state index < -0.39 is 10.0 Å². The van der Waals surface area contributed by atoms with Crippen molar-refractivity contribution in [1.29, 1.82) is 0 Å². The number of carbonyl (C=O) groups is 1. The molecule has 9 heteroatoms. The normalized spacial score (nSPS) is 11.0. The summed E-state index contributed by atoms with van der Waals surface area (Å²) in [5.74, 6) is 0.804. The minimum atomic E-state index is -3.79. The van der Waals surface area contributed by atoms with Crippen LogP contribution in [0.5, 0.6) is 11.5 Å². The van der Waals surface area contributed by atoms with E-state index in [1.165, 1.54) is 12.1 Å².